The molecule has 2 fully saturated rings. The molecule has 4 N–H and O–H groups in total. The minimum absolute atomic E-state index is 0.219. The largest absolute Gasteiger partial charge is 0.393 e. The second-order valence-electron chi connectivity index (χ2n) is 6.00. The summed E-state index contributed by atoms with van der Waals surface area (Å²) in [6.07, 6.45) is 6.37. The van der Waals surface area contributed by atoms with Crippen LogP contribution in [0.15, 0.2) is 0 Å². The highest BCUT2D eigenvalue weighted by atomic mass is 16.3. The van der Waals surface area contributed by atoms with Crippen molar-refractivity contribution in [2.45, 2.75) is 44.6 Å². The van der Waals surface area contributed by atoms with Gasteiger partial charge in [0.15, 0.2) is 0 Å². The maximum Gasteiger partial charge on any atom is 0.231 e. The minimum atomic E-state index is -0.219. The predicted octanol–water partition coefficient (Wildman–Crippen LogP) is 1.02. The van der Waals surface area contributed by atoms with Crippen LogP contribution in [0, 0.1) is 5.92 Å². The van der Waals surface area contributed by atoms with Crippen LogP contribution in [0.3, 0.4) is 0 Å². The summed E-state index contributed by atoms with van der Waals surface area (Å²) in [5.74, 6) is 1.69. The van der Waals surface area contributed by atoms with E-state index in [9.17, 15) is 5.11 Å². The van der Waals surface area contributed by atoms with E-state index in [2.05, 4.69) is 25.2 Å². The van der Waals surface area contributed by atoms with Gasteiger partial charge in [0.2, 0.25) is 17.8 Å². The van der Waals surface area contributed by atoms with E-state index in [0.717, 1.165) is 32.4 Å². The van der Waals surface area contributed by atoms with Crippen molar-refractivity contribution in [1.82, 2.24) is 15.0 Å². The standard InChI is InChI=1S/C14H24N6O/c15-12-17-13(16-9-10-5-1-2-6-11(10)21)19-14(18-12)20-7-3-4-8-20/h10-11,21H,1-9H2,(H3,15,16,17,18,19). The lowest BCUT2D eigenvalue weighted by molar-refractivity contribution is 0.0762. The maximum atomic E-state index is 10.0. The maximum absolute atomic E-state index is 10.0. The van der Waals surface area contributed by atoms with Gasteiger partial charge in [-0.15, -0.1) is 0 Å². The SMILES string of the molecule is Nc1nc(NCC2CCCCC2O)nc(N2CCCC2)n1. The molecule has 1 aromatic rings. The van der Waals surface area contributed by atoms with Crippen LogP contribution in [0.2, 0.25) is 0 Å². The van der Waals surface area contributed by atoms with E-state index in [1.807, 2.05) is 0 Å². The number of nitrogens with one attached hydrogen (secondary N) is 1. The van der Waals surface area contributed by atoms with Crippen LogP contribution in [-0.4, -0.2) is 45.8 Å². The fraction of sp³-hybridized carbons (Fsp3) is 0.786. The molecule has 2 atom stereocenters. The first-order valence-electron chi connectivity index (χ1n) is 7.91. The van der Waals surface area contributed by atoms with Gasteiger partial charge in [-0.05, 0) is 25.7 Å². The van der Waals surface area contributed by atoms with Gasteiger partial charge in [-0.3, -0.25) is 0 Å². The Morgan fingerprint density at radius 2 is 1.86 bits per heavy atom. The Balaban J connectivity index is 1.64. The molecule has 1 aromatic heterocycles. The van der Waals surface area contributed by atoms with Gasteiger partial charge in [0.1, 0.15) is 0 Å². The summed E-state index contributed by atoms with van der Waals surface area (Å²) >= 11 is 0. The molecule has 116 valence electrons. The molecule has 2 heterocycles. The Hall–Kier alpha value is -1.63. The molecule has 1 saturated heterocycles. The molecule has 3 rings (SSSR count). The first-order valence-corrected chi connectivity index (χ1v) is 7.91. The van der Waals surface area contributed by atoms with E-state index in [1.54, 1.807) is 0 Å². The number of nitrogens with two attached hydrogens (primary N) is 1. The van der Waals surface area contributed by atoms with Gasteiger partial charge in [0.05, 0.1) is 6.10 Å². The van der Waals surface area contributed by atoms with Crippen molar-refractivity contribution in [1.29, 1.82) is 0 Å². The lowest BCUT2D eigenvalue weighted by atomic mass is 9.86. The molecule has 21 heavy (non-hydrogen) atoms. The molecule has 0 bridgehead atoms. The van der Waals surface area contributed by atoms with E-state index in [1.165, 1.54) is 19.3 Å². The molecule has 2 aliphatic rings. The minimum Gasteiger partial charge on any atom is -0.393 e. The zero-order chi connectivity index (χ0) is 14.7. The van der Waals surface area contributed by atoms with Crippen LogP contribution in [0.5, 0.6) is 0 Å². The summed E-state index contributed by atoms with van der Waals surface area (Å²) in [7, 11) is 0. The summed E-state index contributed by atoms with van der Waals surface area (Å²) in [6.45, 7) is 2.64. The molecule has 7 nitrogen and oxygen atoms in total. The predicted molar refractivity (Wildman–Crippen MR) is 82.1 cm³/mol. The molecular weight excluding hydrogens is 268 g/mol. The topological polar surface area (TPSA) is 100 Å². The van der Waals surface area contributed by atoms with Crippen molar-refractivity contribution < 1.29 is 5.11 Å². The molecule has 2 unspecified atom stereocenters. The van der Waals surface area contributed by atoms with E-state index in [-0.39, 0.29) is 18.0 Å². The van der Waals surface area contributed by atoms with Gasteiger partial charge in [0, 0.05) is 25.6 Å². The van der Waals surface area contributed by atoms with E-state index in [0.29, 0.717) is 18.4 Å². The van der Waals surface area contributed by atoms with Crippen LogP contribution < -0.4 is 16.0 Å². The van der Waals surface area contributed by atoms with Crippen molar-refractivity contribution >= 4 is 17.8 Å². The Morgan fingerprint density at radius 1 is 1.10 bits per heavy atom. The van der Waals surface area contributed by atoms with Crippen molar-refractivity contribution in [2.75, 3.05) is 35.6 Å². The number of aliphatic hydroxyl groups excluding tert-OH is 1. The highest BCUT2D eigenvalue weighted by molar-refractivity contribution is 5.42. The summed E-state index contributed by atoms with van der Waals surface area (Å²) < 4.78 is 0. The van der Waals surface area contributed by atoms with E-state index >= 15 is 0 Å². The molecule has 0 aromatic carbocycles. The Morgan fingerprint density at radius 3 is 2.62 bits per heavy atom. The third-order valence-corrected chi connectivity index (χ3v) is 4.42. The summed E-state index contributed by atoms with van der Waals surface area (Å²) in [4.78, 5) is 15.0. The van der Waals surface area contributed by atoms with Crippen molar-refractivity contribution in [3.63, 3.8) is 0 Å². The lowest BCUT2D eigenvalue weighted by Gasteiger charge is -2.27. The number of hydrogen-bond acceptors (Lipinski definition) is 7. The number of aromatic nitrogens is 3. The number of anilines is 3. The average molecular weight is 292 g/mol. The molecule has 7 heteroatoms. The van der Waals surface area contributed by atoms with E-state index < -0.39 is 0 Å². The number of nitrogen functional groups attached to an aromatic ring is 1. The van der Waals surface area contributed by atoms with Crippen LogP contribution in [0.1, 0.15) is 38.5 Å². The summed E-state index contributed by atoms with van der Waals surface area (Å²) in [5.41, 5.74) is 5.78. The molecule has 1 aliphatic carbocycles. The summed E-state index contributed by atoms with van der Waals surface area (Å²) in [6, 6.07) is 0. The zero-order valence-corrected chi connectivity index (χ0v) is 12.3. The molecule has 0 radical (unpaired) electrons. The van der Waals surface area contributed by atoms with Gasteiger partial charge in [-0.1, -0.05) is 12.8 Å². The number of rotatable bonds is 4. The average Bonchev–Trinajstić information content (AvgIpc) is 3.00. The van der Waals surface area contributed by atoms with Gasteiger partial charge in [-0.25, -0.2) is 0 Å². The Kier molecular flexibility index (Phi) is 4.38. The van der Waals surface area contributed by atoms with Gasteiger partial charge < -0.3 is 21.1 Å². The lowest BCUT2D eigenvalue weighted by Crippen LogP contribution is -2.31. The first kappa shape index (κ1) is 14.3. The first-order chi connectivity index (χ1) is 10.2. The summed E-state index contributed by atoms with van der Waals surface area (Å²) in [5, 5.41) is 13.2. The monoisotopic (exact) mass is 292 g/mol. The Bertz CT molecular complexity index is 477. The number of hydrogen-bond donors (Lipinski definition) is 3. The van der Waals surface area contributed by atoms with Crippen LogP contribution in [0.4, 0.5) is 17.8 Å². The highest BCUT2D eigenvalue weighted by Gasteiger charge is 2.23. The van der Waals surface area contributed by atoms with E-state index in [4.69, 9.17) is 5.73 Å². The van der Waals surface area contributed by atoms with Gasteiger partial charge in [0.25, 0.3) is 0 Å². The van der Waals surface area contributed by atoms with Crippen LogP contribution in [-0.2, 0) is 0 Å². The highest BCUT2D eigenvalue weighted by Crippen LogP contribution is 2.24. The van der Waals surface area contributed by atoms with Gasteiger partial charge >= 0.3 is 0 Å². The molecule has 0 spiro atoms. The third kappa shape index (κ3) is 3.53. The van der Waals surface area contributed by atoms with Crippen molar-refractivity contribution in [3.05, 3.63) is 0 Å². The molecule has 1 aliphatic heterocycles. The van der Waals surface area contributed by atoms with Gasteiger partial charge in [-0.2, -0.15) is 15.0 Å². The quantitative estimate of drug-likeness (QED) is 0.761. The smallest absolute Gasteiger partial charge is 0.231 e. The van der Waals surface area contributed by atoms with Crippen LogP contribution in [0.25, 0.3) is 0 Å². The zero-order valence-electron chi connectivity index (χ0n) is 12.3. The second-order valence-corrected chi connectivity index (χ2v) is 6.00. The molecular formula is C14H24N6O. The second kappa shape index (κ2) is 6.43. The third-order valence-electron chi connectivity index (χ3n) is 4.42. The molecule has 0 amide bonds. The number of nitrogens with zero attached hydrogens (tertiary/aromatic N) is 4. The number of aliphatic hydroxyl groups is 1. The molecule has 1 saturated carbocycles. The fourth-order valence-corrected chi connectivity index (χ4v) is 3.17. The Labute approximate surface area is 125 Å². The van der Waals surface area contributed by atoms with Crippen molar-refractivity contribution in [2.24, 2.45) is 5.92 Å². The van der Waals surface area contributed by atoms with Crippen molar-refractivity contribution in [3.8, 4) is 0 Å². The fourth-order valence-electron chi connectivity index (χ4n) is 3.17. The van der Waals surface area contributed by atoms with Crippen LogP contribution >= 0.6 is 0 Å². The normalized spacial score (nSPS) is 26.0.